The van der Waals surface area contributed by atoms with Crippen LogP contribution in [0.15, 0.2) is 35.4 Å². The molecule has 4 heterocycles. The number of likely N-dealkylation sites (tertiary alicyclic amines) is 1. The van der Waals surface area contributed by atoms with Crippen LogP contribution in [0, 0.1) is 0 Å². The van der Waals surface area contributed by atoms with Gasteiger partial charge < -0.3 is 4.90 Å². The average Bonchev–Trinajstić information content (AvgIpc) is 3.25. The molecule has 1 amide bonds. The van der Waals surface area contributed by atoms with Crippen molar-refractivity contribution in [1.82, 2.24) is 24.5 Å². The maximum Gasteiger partial charge on any atom is 0.273 e. The summed E-state index contributed by atoms with van der Waals surface area (Å²) < 4.78 is 1.91. The average molecular weight is 313 g/mol. The number of carbonyl (C=O) groups excluding carboxylic acids is 1. The Labute approximate surface area is 131 Å². The molecule has 0 aromatic carbocycles. The van der Waals surface area contributed by atoms with Gasteiger partial charge in [-0.3, -0.25) is 4.79 Å². The van der Waals surface area contributed by atoms with Gasteiger partial charge in [0.25, 0.3) is 5.91 Å². The number of hydrogen-bond donors (Lipinski definition) is 0. The molecule has 1 fully saturated rings. The van der Waals surface area contributed by atoms with E-state index in [1.165, 1.54) is 17.0 Å². The lowest BCUT2D eigenvalue weighted by molar-refractivity contribution is 0.0706. The summed E-state index contributed by atoms with van der Waals surface area (Å²) >= 11 is 1.45. The second kappa shape index (κ2) is 5.49. The number of rotatable bonds is 2. The van der Waals surface area contributed by atoms with Crippen molar-refractivity contribution in [2.24, 2.45) is 0 Å². The maximum absolute atomic E-state index is 12.3. The smallest absolute Gasteiger partial charge is 0.273 e. The van der Waals surface area contributed by atoms with E-state index < -0.39 is 0 Å². The van der Waals surface area contributed by atoms with Crippen LogP contribution in [0.4, 0.5) is 0 Å². The molecule has 3 aromatic rings. The van der Waals surface area contributed by atoms with E-state index in [1.54, 1.807) is 11.7 Å². The van der Waals surface area contributed by atoms with Crippen LogP contribution in [0.2, 0.25) is 0 Å². The molecule has 4 rings (SSSR count). The number of piperidine rings is 1. The first-order valence-electron chi connectivity index (χ1n) is 7.29. The van der Waals surface area contributed by atoms with Gasteiger partial charge in [-0.25, -0.2) is 14.5 Å². The van der Waals surface area contributed by atoms with Gasteiger partial charge in [0.05, 0.1) is 11.7 Å². The van der Waals surface area contributed by atoms with E-state index in [0.29, 0.717) is 11.6 Å². The number of nitrogens with zero attached hydrogens (tertiary/aromatic N) is 5. The van der Waals surface area contributed by atoms with Crippen molar-refractivity contribution < 1.29 is 4.79 Å². The zero-order chi connectivity index (χ0) is 14.9. The van der Waals surface area contributed by atoms with Crippen LogP contribution in [0.5, 0.6) is 0 Å². The fraction of sp³-hybridized carbons (Fsp3) is 0.333. The minimum absolute atomic E-state index is 0.0404. The Bertz CT molecular complexity index is 789. The molecule has 0 aliphatic carbocycles. The first-order valence-corrected chi connectivity index (χ1v) is 8.23. The summed E-state index contributed by atoms with van der Waals surface area (Å²) in [5.41, 5.74) is 4.31. The number of amides is 1. The number of carbonyl (C=O) groups is 1. The lowest BCUT2D eigenvalue weighted by atomic mass is 9.93. The Morgan fingerprint density at radius 3 is 2.82 bits per heavy atom. The van der Waals surface area contributed by atoms with Gasteiger partial charge in [0.15, 0.2) is 5.65 Å². The second-order valence-corrected chi connectivity index (χ2v) is 6.13. The summed E-state index contributed by atoms with van der Waals surface area (Å²) in [6, 6.07) is 3.94. The predicted molar refractivity (Wildman–Crippen MR) is 83.0 cm³/mol. The van der Waals surface area contributed by atoms with Crippen molar-refractivity contribution in [3.8, 4) is 0 Å². The van der Waals surface area contributed by atoms with Crippen molar-refractivity contribution in [3.05, 3.63) is 46.8 Å². The van der Waals surface area contributed by atoms with E-state index in [0.717, 1.165) is 31.6 Å². The minimum Gasteiger partial charge on any atom is -0.337 e. The molecule has 3 aromatic heterocycles. The molecular formula is C15H15N5OS. The fourth-order valence-corrected chi connectivity index (χ4v) is 3.55. The lowest BCUT2D eigenvalue weighted by Crippen LogP contribution is -2.38. The molecule has 0 saturated carbocycles. The first-order chi connectivity index (χ1) is 10.8. The molecule has 0 atom stereocenters. The van der Waals surface area contributed by atoms with Crippen LogP contribution < -0.4 is 0 Å². The zero-order valence-electron chi connectivity index (χ0n) is 11.9. The van der Waals surface area contributed by atoms with E-state index in [1.807, 2.05) is 33.1 Å². The molecule has 0 radical (unpaired) electrons. The van der Waals surface area contributed by atoms with Crippen molar-refractivity contribution in [2.45, 2.75) is 18.8 Å². The van der Waals surface area contributed by atoms with E-state index in [9.17, 15) is 4.79 Å². The second-order valence-electron chi connectivity index (χ2n) is 5.41. The van der Waals surface area contributed by atoms with Gasteiger partial charge in [-0.15, -0.1) is 11.3 Å². The van der Waals surface area contributed by atoms with Gasteiger partial charge >= 0.3 is 0 Å². The number of thiazole rings is 1. The van der Waals surface area contributed by atoms with Crippen molar-refractivity contribution in [1.29, 1.82) is 0 Å². The van der Waals surface area contributed by atoms with E-state index in [-0.39, 0.29) is 5.91 Å². The molecule has 6 nitrogen and oxygen atoms in total. The van der Waals surface area contributed by atoms with E-state index >= 15 is 0 Å². The van der Waals surface area contributed by atoms with Gasteiger partial charge in [-0.05, 0) is 18.9 Å². The van der Waals surface area contributed by atoms with Crippen LogP contribution in [0.3, 0.4) is 0 Å². The topological polar surface area (TPSA) is 63.4 Å². The normalized spacial score (nSPS) is 16.3. The highest BCUT2D eigenvalue weighted by Gasteiger charge is 2.26. The third-order valence-electron chi connectivity index (χ3n) is 4.17. The summed E-state index contributed by atoms with van der Waals surface area (Å²) in [4.78, 5) is 22.6. The fourth-order valence-electron chi connectivity index (χ4n) is 3.02. The monoisotopic (exact) mass is 313 g/mol. The molecule has 1 aliphatic rings. The summed E-state index contributed by atoms with van der Waals surface area (Å²) in [5.74, 6) is 0.448. The van der Waals surface area contributed by atoms with Gasteiger partial charge in [0, 0.05) is 42.3 Å². The molecule has 0 bridgehead atoms. The molecule has 22 heavy (non-hydrogen) atoms. The standard InChI is InChI=1S/C15H15N5OS/c21-15(12-9-22-10-17-12)19-7-3-11(4-8-19)13-1-5-16-14-2-6-18-20(13)14/h1-2,5-6,9-11H,3-4,7-8H2. The molecular weight excluding hydrogens is 298 g/mol. The number of hydrogen-bond acceptors (Lipinski definition) is 5. The molecule has 7 heteroatoms. The van der Waals surface area contributed by atoms with Gasteiger partial charge in [0.1, 0.15) is 5.69 Å². The molecule has 0 unspecified atom stereocenters. The van der Waals surface area contributed by atoms with Gasteiger partial charge in [-0.1, -0.05) is 0 Å². The Hall–Kier alpha value is -2.28. The summed E-state index contributed by atoms with van der Waals surface area (Å²) in [7, 11) is 0. The van der Waals surface area contributed by atoms with Crippen LogP contribution in [0.1, 0.15) is 34.9 Å². The van der Waals surface area contributed by atoms with Crippen LogP contribution in [-0.4, -0.2) is 43.5 Å². The zero-order valence-corrected chi connectivity index (χ0v) is 12.7. The molecule has 0 spiro atoms. The van der Waals surface area contributed by atoms with Crippen molar-refractivity contribution in [2.75, 3.05) is 13.1 Å². The lowest BCUT2D eigenvalue weighted by Gasteiger charge is -2.31. The Balaban J connectivity index is 1.50. The van der Waals surface area contributed by atoms with Crippen molar-refractivity contribution >= 4 is 22.9 Å². The third-order valence-corrected chi connectivity index (χ3v) is 4.76. The van der Waals surface area contributed by atoms with Crippen molar-refractivity contribution in [3.63, 3.8) is 0 Å². The Morgan fingerprint density at radius 1 is 1.18 bits per heavy atom. The highest BCUT2D eigenvalue weighted by molar-refractivity contribution is 7.07. The first kappa shape index (κ1) is 13.4. The largest absolute Gasteiger partial charge is 0.337 e. The Morgan fingerprint density at radius 2 is 2.05 bits per heavy atom. The molecule has 0 N–H and O–H groups in total. The van der Waals surface area contributed by atoms with E-state index in [4.69, 9.17) is 0 Å². The van der Waals surface area contributed by atoms with Crippen LogP contribution >= 0.6 is 11.3 Å². The number of aromatic nitrogens is 4. The summed E-state index contributed by atoms with van der Waals surface area (Å²) in [6.45, 7) is 1.51. The minimum atomic E-state index is 0.0404. The molecule has 112 valence electrons. The summed E-state index contributed by atoms with van der Waals surface area (Å²) in [6.07, 6.45) is 5.48. The summed E-state index contributed by atoms with van der Waals surface area (Å²) in [5, 5.41) is 6.16. The van der Waals surface area contributed by atoms with E-state index in [2.05, 4.69) is 15.1 Å². The van der Waals surface area contributed by atoms with Gasteiger partial charge in [-0.2, -0.15) is 5.10 Å². The van der Waals surface area contributed by atoms with Gasteiger partial charge in [0.2, 0.25) is 0 Å². The molecule has 1 aliphatic heterocycles. The highest BCUT2D eigenvalue weighted by Crippen LogP contribution is 2.28. The quantitative estimate of drug-likeness (QED) is 0.727. The Kier molecular flexibility index (Phi) is 3.34. The third kappa shape index (κ3) is 2.27. The van der Waals surface area contributed by atoms with Crippen LogP contribution in [-0.2, 0) is 0 Å². The predicted octanol–water partition coefficient (Wildman–Crippen LogP) is 2.21. The highest BCUT2D eigenvalue weighted by atomic mass is 32.1. The number of fused-ring (bicyclic) bond motifs is 1. The maximum atomic E-state index is 12.3. The van der Waals surface area contributed by atoms with Crippen LogP contribution in [0.25, 0.3) is 5.65 Å². The SMILES string of the molecule is O=C(c1cscn1)N1CCC(c2ccnc3ccnn23)CC1. The molecule has 1 saturated heterocycles.